The predicted octanol–water partition coefficient (Wildman–Crippen LogP) is 1.46. The highest BCUT2D eigenvalue weighted by Crippen LogP contribution is 2.38. The molecule has 0 fully saturated rings. The molecule has 0 bridgehead atoms. The van der Waals surface area contributed by atoms with Crippen LogP contribution in [0.5, 0.6) is 0 Å². The van der Waals surface area contributed by atoms with Gasteiger partial charge in [0.25, 0.3) is 7.82 Å². The number of ether oxygens (including phenoxy) is 2. The van der Waals surface area contributed by atoms with Gasteiger partial charge >= 0.3 is 11.9 Å². The Morgan fingerprint density at radius 1 is 0.891 bits per heavy atom. The van der Waals surface area contributed by atoms with Gasteiger partial charge in [0.1, 0.15) is 13.2 Å². The average molecular weight is 674 g/mol. The summed E-state index contributed by atoms with van der Waals surface area (Å²) in [5.74, 6) is -1.64. The van der Waals surface area contributed by atoms with Gasteiger partial charge in [0.15, 0.2) is 0 Å². The molecule has 2 aromatic rings. The van der Waals surface area contributed by atoms with Crippen LogP contribution < -0.4 is 4.89 Å². The van der Waals surface area contributed by atoms with Crippen LogP contribution >= 0.6 is 7.82 Å². The van der Waals surface area contributed by atoms with Crippen molar-refractivity contribution >= 4 is 19.8 Å². The number of likely N-dealkylation sites (N-methyl/N-ethyl adjacent to an activating group) is 1. The molecular weight excluding hydrogens is 621 g/mol. The second-order valence-corrected chi connectivity index (χ2v) is 13.8. The lowest BCUT2D eigenvalue weighted by molar-refractivity contribution is -0.870. The zero-order chi connectivity index (χ0) is 34.0. The number of phosphoric ester groups is 1. The molecule has 16 nitrogen and oxygen atoms in total. The average Bonchev–Trinajstić information content (AvgIpc) is 3.62. The van der Waals surface area contributed by atoms with E-state index in [-0.39, 0.29) is 38.4 Å². The van der Waals surface area contributed by atoms with Gasteiger partial charge in [-0.05, 0) is 38.5 Å². The minimum atomic E-state index is -4.28. The highest BCUT2D eigenvalue weighted by Gasteiger charge is 2.24. The highest BCUT2D eigenvalue weighted by atomic mass is 31.2. The lowest BCUT2D eigenvalue weighted by Gasteiger charge is -2.27. The molecule has 2 rings (SSSR count). The third kappa shape index (κ3) is 16.7. The highest BCUT2D eigenvalue weighted by molar-refractivity contribution is 7.45. The van der Waals surface area contributed by atoms with E-state index >= 15 is 0 Å². The molecule has 0 aromatic carbocycles. The number of quaternary nitrogens is 1. The quantitative estimate of drug-likeness (QED) is 0.0690. The number of aliphatic hydroxyl groups is 1. The van der Waals surface area contributed by atoms with Gasteiger partial charge in [0.2, 0.25) is 0 Å². The topological polar surface area (TPSA) is 193 Å². The van der Waals surface area contributed by atoms with E-state index in [9.17, 15) is 24.2 Å². The molecule has 0 aliphatic heterocycles. The summed E-state index contributed by atoms with van der Waals surface area (Å²) in [5, 5.41) is 25.5. The van der Waals surface area contributed by atoms with E-state index in [1.807, 2.05) is 21.1 Å². The van der Waals surface area contributed by atoms with E-state index in [0.717, 1.165) is 19.3 Å². The van der Waals surface area contributed by atoms with Crippen LogP contribution in [0.3, 0.4) is 0 Å². The fraction of sp³-hybridized carbons (Fsp3) is 0.793. The number of carbonyl (C=O) groups excluding carboxylic acids is 2. The van der Waals surface area contributed by atoms with Crippen molar-refractivity contribution in [1.29, 1.82) is 0 Å². The zero-order valence-electron chi connectivity index (χ0n) is 27.9. The molecule has 0 amide bonds. The molecule has 3 unspecified atom stereocenters. The van der Waals surface area contributed by atoms with Crippen LogP contribution in [0, 0.1) is 11.8 Å². The Morgan fingerprint density at radius 3 is 2.17 bits per heavy atom. The van der Waals surface area contributed by atoms with Crippen molar-refractivity contribution in [2.75, 3.05) is 61.2 Å². The number of esters is 2. The molecule has 46 heavy (non-hydrogen) atoms. The fourth-order valence-electron chi connectivity index (χ4n) is 4.64. The number of methoxy groups -OCH3 is 1. The van der Waals surface area contributed by atoms with Crippen molar-refractivity contribution < 1.29 is 47.2 Å². The van der Waals surface area contributed by atoms with Crippen LogP contribution in [-0.4, -0.2) is 113 Å². The third-order valence-corrected chi connectivity index (χ3v) is 8.21. The van der Waals surface area contributed by atoms with Gasteiger partial charge in [-0.2, -0.15) is 0 Å². The van der Waals surface area contributed by atoms with Crippen LogP contribution in [0.2, 0.25) is 0 Å². The molecule has 0 spiro atoms. The summed E-state index contributed by atoms with van der Waals surface area (Å²) in [5.41, 5.74) is 1.34. The third-order valence-electron chi connectivity index (χ3n) is 7.21. The van der Waals surface area contributed by atoms with Crippen molar-refractivity contribution in [3.05, 3.63) is 23.8 Å². The molecule has 0 aliphatic rings. The maximum absolute atomic E-state index is 12.7. The molecule has 0 saturated carbocycles. The van der Waals surface area contributed by atoms with Gasteiger partial charge in [0, 0.05) is 45.4 Å². The molecule has 2 heterocycles. The van der Waals surface area contributed by atoms with Crippen molar-refractivity contribution in [2.24, 2.45) is 18.9 Å². The Balaban J connectivity index is 1.69. The first-order chi connectivity index (χ1) is 21.8. The number of nitrogens with zero attached hydrogens (tertiary/aromatic N) is 7. The van der Waals surface area contributed by atoms with E-state index in [1.54, 1.807) is 28.8 Å². The molecule has 0 saturated heterocycles. The lowest BCUT2D eigenvalue weighted by atomic mass is 9.97. The smallest absolute Gasteiger partial charge is 0.309 e. The summed E-state index contributed by atoms with van der Waals surface area (Å²) < 4.78 is 36.1. The molecule has 3 atom stereocenters. The summed E-state index contributed by atoms with van der Waals surface area (Å²) >= 11 is 0. The van der Waals surface area contributed by atoms with Crippen molar-refractivity contribution in [3.63, 3.8) is 0 Å². The Bertz CT molecular complexity index is 1220. The Hall–Kier alpha value is -2.75. The lowest BCUT2D eigenvalue weighted by Crippen LogP contribution is -2.37. The van der Waals surface area contributed by atoms with E-state index in [4.69, 9.17) is 18.5 Å². The number of carbonyl (C=O) groups is 2. The Labute approximate surface area is 271 Å². The van der Waals surface area contributed by atoms with E-state index in [2.05, 4.69) is 20.6 Å². The minimum absolute atomic E-state index is 0.0201. The van der Waals surface area contributed by atoms with Gasteiger partial charge in [-0.1, -0.05) is 23.3 Å². The molecule has 1 N–H and O–H groups in total. The monoisotopic (exact) mass is 673 g/mol. The van der Waals surface area contributed by atoms with Gasteiger partial charge < -0.3 is 33.0 Å². The standard InChI is InChI=1S/C29H52N7O9P/c1-34-22-26(30-32-34)21-25(12-10-16-37)29(39)43-17-11-13-24(28(38)42-5)20-27-23-35(33-31-27)14-8-6-7-9-18-44-46(40,41)45-19-15-36(2,3)4/h22-25,37H,6-21H2,1-5H3. The van der Waals surface area contributed by atoms with Crippen LogP contribution in [0.1, 0.15) is 62.8 Å². The van der Waals surface area contributed by atoms with Gasteiger partial charge in [-0.15, -0.1) is 10.2 Å². The largest absolute Gasteiger partial charge is 0.756 e. The molecule has 2 aromatic heterocycles. The molecule has 17 heteroatoms. The normalized spacial score (nSPS) is 14.5. The summed E-state index contributed by atoms with van der Waals surface area (Å²) in [6.07, 6.45) is 9.17. The number of phosphoric acid groups is 1. The Morgan fingerprint density at radius 2 is 1.52 bits per heavy atom. The first-order valence-electron chi connectivity index (χ1n) is 15.8. The molecule has 262 valence electrons. The summed E-state index contributed by atoms with van der Waals surface area (Å²) in [7, 11) is 4.66. The number of hydrogen-bond donors (Lipinski definition) is 1. The van der Waals surface area contributed by atoms with Crippen molar-refractivity contribution in [2.45, 2.75) is 70.8 Å². The maximum atomic E-state index is 12.7. The van der Waals surface area contributed by atoms with E-state index in [1.165, 1.54) is 7.11 Å². The van der Waals surface area contributed by atoms with Crippen LogP contribution in [0.15, 0.2) is 12.4 Å². The second kappa shape index (κ2) is 20.5. The summed E-state index contributed by atoms with van der Waals surface area (Å²) in [6, 6.07) is 0. The van der Waals surface area contributed by atoms with Crippen LogP contribution in [0.25, 0.3) is 0 Å². The SMILES string of the molecule is COC(=O)C(CCCOC(=O)C(CCCO)Cc1cn(C)nn1)Cc1cn(CCCCCCOP(=O)([O-])OCC[N+](C)(C)C)nn1. The number of aryl methyl sites for hydroxylation is 2. The summed E-state index contributed by atoms with van der Waals surface area (Å²) in [6.45, 7) is 1.48. The number of unbranched alkanes of at least 4 members (excludes halogenated alkanes) is 3. The number of aromatic nitrogens is 6. The number of rotatable bonds is 25. The maximum Gasteiger partial charge on any atom is 0.309 e. The molecular formula is C29H52N7O9P. The van der Waals surface area contributed by atoms with Crippen LogP contribution in [0.4, 0.5) is 0 Å². The molecule has 0 radical (unpaired) electrons. The molecule has 0 aliphatic carbocycles. The summed E-state index contributed by atoms with van der Waals surface area (Å²) in [4.78, 5) is 37.0. The van der Waals surface area contributed by atoms with Gasteiger partial charge in [-0.25, -0.2) is 0 Å². The van der Waals surface area contributed by atoms with Gasteiger partial charge in [0.05, 0.1) is 64.7 Å². The second-order valence-electron chi connectivity index (χ2n) is 12.4. The first-order valence-corrected chi connectivity index (χ1v) is 17.3. The van der Waals surface area contributed by atoms with Crippen molar-refractivity contribution in [3.8, 4) is 0 Å². The number of hydrogen-bond acceptors (Lipinski definition) is 13. The number of aliphatic hydroxyl groups excluding tert-OH is 1. The van der Waals surface area contributed by atoms with E-state index < -0.39 is 19.7 Å². The van der Waals surface area contributed by atoms with E-state index in [0.29, 0.717) is 73.9 Å². The predicted molar refractivity (Wildman–Crippen MR) is 165 cm³/mol. The van der Waals surface area contributed by atoms with Crippen LogP contribution in [-0.2, 0) is 59.1 Å². The fourth-order valence-corrected chi connectivity index (χ4v) is 5.37. The van der Waals surface area contributed by atoms with Gasteiger partial charge in [-0.3, -0.25) is 23.5 Å². The van der Waals surface area contributed by atoms with Crippen molar-refractivity contribution in [1.82, 2.24) is 30.0 Å². The minimum Gasteiger partial charge on any atom is -0.756 e. The zero-order valence-corrected chi connectivity index (χ0v) is 28.8. The first kappa shape index (κ1) is 39.4. The Kier molecular flexibility index (Phi) is 17.6.